The molecule has 92 valence electrons. The third kappa shape index (κ3) is 3.35. The largest absolute Gasteiger partial charge is 0.250 e. The molecule has 0 aliphatic heterocycles. The van der Waals surface area contributed by atoms with Crippen LogP contribution in [-0.2, 0) is 16.6 Å². The van der Waals surface area contributed by atoms with Crippen molar-refractivity contribution in [1.82, 2.24) is 9.71 Å². The second kappa shape index (κ2) is 5.15. The summed E-state index contributed by atoms with van der Waals surface area (Å²) in [6.45, 7) is 2.11. The van der Waals surface area contributed by atoms with Crippen molar-refractivity contribution in [2.24, 2.45) is 0 Å². The molecular weight excluding hydrogens is 344 g/mol. The molecule has 0 saturated heterocycles. The molecule has 2 heterocycles. The van der Waals surface area contributed by atoms with Gasteiger partial charge >= 0.3 is 0 Å². The van der Waals surface area contributed by atoms with Crippen molar-refractivity contribution < 1.29 is 8.42 Å². The van der Waals surface area contributed by atoms with Gasteiger partial charge in [0.05, 0.1) is 21.0 Å². The fourth-order valence-electron chi connectivity index (χ4n) is 1.17. The molecule has 0 amide bonds. The average Bonchev–Trinajstić information content (AvgIpc) is 2.85. The van der Waals surface area contributed by atoms with Gasteiger partial charge in [-0.3, -0.25) is 0 Å². The number of nitrogens with one attached hydrogen (secondary N) is 1. The lowest BCUT2D eigenvalue weighted by Crippen LogP contribution is -2.22. The van der Waals surface area contributed by atoms with Gasteiger partial charge in [0, 0.05) is 5.38 Å². The summed E-state index contributed by atoms with van der Waals surface area (Å²) < 4.78 is 27.4. The Hall–Kier alpha value is -0.280. The molecular formula is C9H9BrN2O2S3. The van der Waals surface area contributed by atoms with Crippen LogP contribution >= 0.6 is 38.6 Å². The molecule has 0 spiro atoms. The first kappa shape index (κ1) is 13.2. The highest BCUT2D eigenvalue weighted by molar-refractivity contribution is 9.11. The molecule has 2 aromatic heterocycles. The van der Waals surface area contributed by atoms with E-state index >= 15 is 0 Å². The SMILES string of the molecule is Cc1nc(CNS(=O)(=O)c2ccc(Br)s2)cs1. The number of hydrogen-bond acceptors (Lipinski definition) is 5. The fourth-order valence-corrected chi connectivity index (χ4v) is 4.84. The second-order valence-corrected chi connectivity index (χ2v) is 8.76. The van der Waals surface area contributed by atoms with E-state index in [2.05, 4.69) is 25.6 Å². The number of aryl methyl sites for hydroxylation is 1. The van der Waals surface area contributed by atoms with Gasteiger partial charge in [0.1, 0.15) is 4.21 Å². The van der Waals surface area contributed by atoms with Crippen molar-refractivity contribution in [2.45, 2.75) is 17.7 Å². The standard InChI is InChI=1S/C9H9BrN2O2S3/c1-6-12-7(5-15-6)4-11-17(13,14)9-3-2-8(10)16-9/h2-3,5,11H,4H2,1H3. The Kier molecular flexibility index (Phi) is 3.99. The predicted molar refractivity (Wildman–Crippen MR) is 72.9 cm³/mol. The van der Waals surface area contributed by atoms with Crippen LogP contribution in [0.3, 0.4) is 0 Å². The first-order chi connectivity index (χ1) is 7.97. The molecule has 0 bridgehead atoms. The molecule has 0 fully saturated rings. The molecule has 2 rings (SSSR count). The second-order valence-electron chi connectivity index (χ2n) is 3.24. The molecule has 0 saturated carbocycles. The first-order valence-corrected chi connectivity index (χ1v) is 8.60. The highest BCUT2D eigenvalue weighted by atomic mass is 79.9. The van der Waals surface area contributed by atoms with Crippen LogP contribution in [0.4, 0.5) is 0 Å². The van der Waals surface area contributed by atoms with Gasteiger partial charge in [-0.15, -0.1) is 22.7 Å². The summed E-state index contributed by atoms with van der Waals surface area (Å²) in [5.41, 5.74) is 0.742. The third-order valence-electron chi connectivity index (χ3n) is 1.92. The van der Waals surface area contributed by atoms with Crippen LogP contribution in [0.25, 0.3) is 0 Å². The van der Waals surface area contributed by atoms with E-state index in [1.165, 1.54) is 22.7 Å². The van der Waals surface area contributed by atoms with Gasteiger partial charge in [0.2, 0.25) is 10.0 Å². The van der Waals surface area contributed by atoms with Gasteiger partial charge in [-0.25, -0.2) is 18.1 Å². The number of aromatic nitrogens is 1. The van der Waals surface area contributed by atoms with Crippen LogP contribution in [0.5, 0.6) is 0 Å². The Bertz CT molecular complexity index is 618. The van der Waals surface area contributed by atoms with Crippen LogP contribution < -0.4 is 4.72 Å². The summed E-state index contributed by atoms with van der Waals surface area (Å²) in [5.74, 6) is 0. The number of halogens is 1. The van der Waals surface area contributed by atoms with Gasteiger partial charge < -0.3 is 0 Å². The minimum atomic E-state index is -3.43. The van der Waals surface area contributed by atoms with Gasteiger partial charge in [0.25, 0.3) is 0 Å². The smallest absolute Gasteiger partial charge is 0.245 e. The molecule has 1 N–H and O–H groups in total. The maximum atomic E-state index is 11.9. The van der Waals surface area contributed by atoms with Gasteiger partial charge in [-0.05, 0) is 35.0 Å². The molecule has 4 nitrogen and oxygen atoms in total. The summed E-state index contributed by atoms with van der Waals surface area (Å²) in [6.07, 6.45) is 0. The average molecular weight is 353 g/mol. The summed E-state index contributed by atoms with van der Waals surface area (Å²) in [7, 11) is -3.43. The number of rotatable bonds is 4. The summed E-state index contributed by atoms with van der Waals surface area (Å²) >= 11 is 5.93. The maximum absolute atomic E-state index is 11.9. The molecule has 0 aliphatic carbocycles. The lowest BCUT2D eigenvalue weighted by Gasteiger charge is -2.01. The molecule has 0 unspecified atom stereocenters. The van der Waals surface area contributed by atoms with Crippen molar-refractivity contribution >= 4 is 48.6 Å². The van der Waals surface area contributed by atoms with E-state index < -0.39 is 10.0 Å². The number of thiophene rings is 1. The summed E-state index contributed by atoms with van der Waals surface area (Å²) in [4.78, 5) is 4.20. The minimum absolute atomic E-state index is 0.224. The zero-order chi connectivity index (χ0) is 12.5. The van der Waals surface area contributed by atoms with Crippen LogP contribution in [0.15, 0.2) is 25.5 Å². The first-order valence-electron chi connectivity index (χ1n) is 4.63. The summed E-state index contributed by atoms with van der Waals surface area (Å²) in [6, 6.07) is 3.29. The monoisotopic (exact) mass is 352 g/mol. The normalized spacial score (nSPS) is 11.9. The van der Waals surface area contributed by atoms with Gasteiger partial charge in [-0.2, -0.15) is 0 Å². The van der Waals surface area contributed by atoms with E-state index in [0.29, 0.717) is 4.21 Å². The van der Waals surface area contributed by atoms with Crippen molar-refractivity contribution in [1.29, 1.82) is 0 Å². The zero-order valence-electron chi connectivity index (χ0n) is 8.81. The Balaban J connectivity index is 2.08. The molecule has 17 heavy (non-hydrogen) atoms. The number of hydrogen-bond donors (Lipinski definition) is 1. The Labute approximate surface area is 116 Å². The van der Waals surface area contributed by atoms with Crippen LogP contribution in [-0.4, -0.2) is 13.4 Å². The highest BCUT2D eigenvalue weighted by Gasteiger charge is 2.16. The van der Waals surface area contributed by atoms with Crippen molar-refractivity contribution in [3.8, 4) is 0 Å². The maximum Gasteiger partial charge on any atom is 0.250 e. The van der Waals surface area contributed by atoms with E-state index in [-0.39, 0.29) is 6.54 Å². The van der Waals surface area contributed by atoms with Crippen molar-refractivity contribution in [3.63, 3.8) is 0 Å². The molecule has 0 atom stereocenters. The van der Waals surface area contributed by atoms with Gasteiger partial charge in [-0.1, -0.05) is 0 Å². The Morgan fingerprint density at radius 3 is 2.76 bits per heavy atom. The van der Waals surface area contributed by atoms with E-state index in [1.54, 1.807) is 12.1 Å². The topological polar surface area (TPSA) is 59.1 Å². The molecule has 0 radical (unpaired) electrons. The van der Waals surface area contributed by atoms with E-state index in [9.17, 15) is 8.42 Å². The molecule has 8 heteroatoms. The van der Waals surface area contributed by atoms with Crippen LogP contribution in [0.2, 0.25) is 0 Å². The lowest BCUT2D eigenvalue weighted by molar-refractivity contribution is 0.582. The van der Waals surface area contributed by atoms with Crippen LogP contribution in [0.1, 0.15) is 10.7 Å². The van der Waals surface area contributed by atoms with E-state index in [4.69, 9.17) is 0 Å². The summed E-state index contributed by atoms with van der Waals surface area (Å²) in [5, 5.41) is 2.78. The fraction of sp³-hybridized carbons (Fsp3) is 0.222. The highest BCUT2D eigenvalue weighted by Crippen LogP contribution is 2.25. The van der Waals surface area contributed by atoms with Crippen molar-refractivity contribution in [2.75, 3.05) is 0 Å². The number of thiazole rings is 1. The molecule has 2 aromatic rings. The Morgan fingerprint density at radius 1 is 1.47 bits per heavy atom. The predicted octanol–water partition coefficient (Wildman–Crippen LogP) is 2.75. The number of sulfonamides is 1. The van der Waals surface area contributed by atoms with Crippen molar-refractivity contribution in [3.05, 3.63) is 32.0 Å². The Morgan fingerprint density at radius 2 is 2.24 bits per heavy atom. The minimum Gasteiger partial charge on any atom is -0.245 e. The van der Waals surface area contributed by atoms with Crippen LogP contribution in [0, 0.1) is 6.92 Å². The molecule has 0 aliphatic rings. The lowest BCUT2D eigenvalue weighted by atomic mass is 10.5. The molecule has 0 aromatic carbocycles. The van der Waals surface area contributed by atoms with Gasteiger partial charge in [0.15, 0.2) is 0 Å². The van der Waals surface area contributed by atoms with E-state index in [0.717, 1.165) is 14.5 Å². The third-order valence-corrected chi connectivity index (χ3v) is 6.26. The zero-order valence-corrected chi connectivity index (χ0v) is 12.8. The quantitative estimate of drug-likeness (QED) is 0.920. The number of nitrogens with zero attached hydrogens (tertiary/aromatic N) is 1. The van der Waals surface area contributed by atoms with E-state index in [1.807, 2.05) is 12.3 Å².